The molecule has 1 aliphatic heterocycles. The van der Waals surface area contributed by atoms with Gasteiger partial charge in [-0.1, -0.05) is 12.1 Å². The van der Waals surface area contributed by atoms with Gasteiger partial charge in [0.2, 0.25) is 5.91 Å². The number of hydrogen-bond acceptors (Lipinski definition) is 7. The van der Waals surface area contributed by atoms with Crippen molar-refractivity contribution in [2.75, 3.05) is 23.4 Å². The van der Waals surface area contributed by atoms with Crippen molar-refractivity contribution in [3.05, 3.63) is 53.6 Å². The molecule has 0 fully saturated rings. The van der Waals surface area contributed by atoms with Crippen LogP contribution in [0.15, 0.2) is 52.5 Å². The number of carbonyl (C=O) groups is 3. The lowest BCUT2D eigenvalue weighted by atomic mass is 10.1. The van der Waals surface area contributed by atoms with Crippen molar-refractivity contribution < 1.29 is 28.3 Å². The third kappa shape index (κ3) is 4.24. The Balaban J connectivity index is 1.50. The smallest absolute Gasteiger partial charge is 0.341 e. The van der Waals surface area contributed by atoms with Crippen LogP contribution in [0, 0.1) is 0 Å². The highest BCUT2D eigenvalue weighted by Crippen LogP contribution is 2.37. The molecule has 1 aliphatic rings. The van der Waals surface area contributed by atoms with Crippen molar-refractivity contribution in [2.45, 2.75) is 26.4 Å². The van der Waals surface area contributed by atoms with Crippen molar-refractivity contribution >= 4 is 39.8 Å². The van der Waals surface area contributed by atoms with Gasteiger partial charge in [0, 0.05) is 23.9 Å². The van der Waals surface area contributed by atoms with E-state index in [-0.39, 0.29) is 37.0 Å². The van der Waals surface area contributed by atoms with Crippen molar-refractivity contribution in [1.29, 1.82) is 0 Å². The summed E-state index contributed by atoms with van der Waals surface area (Å²) in [7, 11) is 0. The number of thiophene rings is 1. The van der Waals surface area contributed by atoms with Crippen LogP contribution in [0.5, 0.6) is 5.75 Å². The molecule has 0 bridgehead atoms. The zero-order chi connectivity index (χ0) is 22.7. The van der Waals surface area contributed by atoms with Crippen molar-refractivity contribution in [3.8, 4) is 17.1 Å². The highest BCUT2D eigenvalue weighted by molar-refractivity contribution is 7.15. The maximum absolute atomic E-state index is 12.7. The molecule has 0 saturated heterocycles. The van der Waals surface area contributed by atoms with E-state index >= 15 is 0 Å². The van der Waals surface area contributed by atoms with E-state index in [2.05, 4.69) is 5.32 Å². The molecule has 1 aromatic carbocycles. The Hall–Kier alpha value is -3.59. The molecule has 0 spiro atoms. The Morgan fingerprint density at radius 2 is 2.03 bits per heavy atom. The molecule has 2 aromatic heterocycles. The zero-order valence-electron chi connectivity index (χ0n) is 17.6. The van der Waals surface area contributed by atoms with E-state index in [1.807, 2.05) is 12.1 Å². The molecule has 2 amide bonds. The number of para-hydroxylation sites is 2. The second-order valence-corrected chi connectivity index (χ2v) is 7.95. The van der Waals surface area contributed by atoms with Gasteiger partial charge in [0.05, 0.1) is 18.6 Å². The molecular weight excluding hydrogens is 432 g/mol. The number of rotatable bonds is 7. The van der Waals surface area contributed by atoms with E-state index < -0.39 is 12.1 Å². The Morgan fingerprint density at radius 1 is 1.22 bits per heavy atom. The van der Waals surface area contributed by atoms with Crippen molar-refractivity contribution in [2.24, 2.45) is 0 Å². The van der Waals surface area contributed by atoms with Gasteiger partial charge in [-0.05, 0) is 38.1 Å². The molecule has 9 heteroatoms. The number of ether oxygens (including phenoxy) is 2. The predicted octanol–water partition coefficient (Wildman–Crippen LogP) is 4.33. The number of benzene rings is 1. The molecule has 3 aromatic rings. The summed E-state index contributed by atoms with van der Waals surface area (Å²) >= 11 is 1.21. The fourth-order valence-electron chi connectivity index (χ4n) is 3.46. The van der Waals surface area contributed by atoms with E-state index in [1.54, 1.807) is 48.4 Å². The largest absolute Gasteiger partial charge is 0.479 e. The first-order valence-electron chi connectivity index (χ1n) is 10.2. The standard InChI is InChI=1S/C23H22N2O6S/c1-3-29-23(28)20-15(17-9-6-12-30-17)13-32-21(20)24-19(26)10-11-25-16-7-4-5-8-18(16)31-14(2)22(25)27/h4-9,12-14H,3,10-11H2,1-2H3,(H,24,26). The van der Waals surface area contributed by atoms with E-state index in [0.29, 0.717) is 27.8 Å². The van der Waals surface area contributed by atoms with Crippen molar-refractivity contribution in [3.63, 3.8) is 0 Å². The molecule has 1 N–H and O–H groups in total. The number of hydrogen-bond donors (Lipinski definition) is 1. The molecule has 8 nitrogen and oxygen atoms in total. The summed E-state index contributed by atoms with van der Waals surface area (Å²) < 4.78 is 16.2. The highest BCUT2D eigenvalue weighted by atomic mass is 32.1. The number of nitrogens with zero attached hydrogens (tertiary/aromatic N) is 1. The summed E-state index contributed by atoms with van der Waals surface area (Å²) in [6.45, 7) is 3.78. The maximum atomic E-state index is 12.7. The van der Waals surface area contributed by atoms with Gasteiger partial charge < -0.3 is 24.1 Å². The van der Waals surface area contributed by atoms with Crippen LogP contribution in [-0.4, -0.2) is 37.0 Å². The van der Waals surface area contributed by atoms with Crippen LogP contribution in [0.3, 0.4) is 0 Å². The highest BCUT2D eigenvalue weighted by Gasteiger charge is 2.31. The summed E-state index contributed by atoms with van der Waals surface area (Å²) in [6.07, 6.45) is 0.929. The summed E-state index contributed by atoms with van der Waals surface area (Å²) in [5.41, 5.74) is 1.44. The van der Waals surface area contributed by atoms with Gasteiger partial charge in [0.25, 0.3) is 5.91 Å². The first kappa shape index (κ1) is 21.6. The van der Waals surface area contributed by atoms with Crippen molar-refractivity contribution in [1.82, 2.24) is 0 Å². The van der Waals surface area contributed by atoms with Crippen LogP contribution in [0.25, 0.3) is 11.3 Å². The summed E-state index contributed by atoms with van der Waals surface area (Å²) in [6, 6.07) is 10.7. The predicted molar refractivity (Wildman–Crippen MR) is 120 cm³/mol. The summed E-state index contributed by atoms with van der Waals surface area (Å²) in [5.74, 6) is 0.0367. The number of amides is 2. The Bertz CT molecular complexity index is 1140. The average molecular weight is 455 g/mol. The van der Waals surface area contributed by atoms with E-state index in [9.17, 15) is 14.4 Å². The minimum Gasteiger partial charge on any atom is -0.479 e. The van der Waals surface area contributed by atoms with E-state index in [0.717, 1.165) is 0 Å². The summed E-state index contributed by atoms with van der Waals surface area (Å²) in [4.78, 5) is 39.5. The number of anilines is 2. The average Bonchev–Trinajstić information content (AvgIpc) is 3.44. The topological polar surface area (TPSA) is 98.1 Å². The monoisotopic (exact) mass is 454 g/mol. The fraction of sp³-hybridized carbons (Fsp3) is 0.261. The molecule has 32 heavy (non-hydrogen) atoms. The maximum Gasteiger partial charge on any atom is 0.341 e. The summed E-state index contributed by atoms with van der Waals surface area (Å²) in [5, 5.41) is 4.91. The van der Waals surface area contributed by atoms with Gasteiger partial charge in [-0.25, -0.2) is 4.79 Å². The quantitative estimate of drug-likeness (QED) is 0.534. The third-order valence-corrected chi connectivity index (χ3v) is 5.84. The van der Waals surface area contributed by atoms with E-state index in [4.69, 9.17) is 13.9 Å². The van der Waals surface area contributed by atoms with E-state index in [1.165, 1.54) is 17.6 Å². The molecule has 166 valence electrons. The van der Waals surface area contributed by atoms with Crippen LogP contribution in [0.1, 0.15) is 30.6 Å². The van der Waals surface area contributed by atoms with Gasteiger partial charge in [-0.2, -0.15) is 0 Å². The first-order valence-corrected chi connectivity index (χ1v) is 11.1. The Labute approximate surface area is 188 Å². The molecule has 4 rings (SSSR count). The second-order valence-electron chi connectivity index (χ2n) is 7.07. The number of esters is 1. The zero-order valence-corrected chi connectivity index (χ0v) is 18.4. The molecule has 0 saturated carbocycles. The molecular formula is C23H22N2O6S. The van der Waals surface area contributed by atoms with Crippen LogP contribution < -0.4 is 15.0 Å². The number of furan rings is 1. The lowest BCUT2D eigenvalue weighted by Gasteiger charge is -2.32. The molecule has 3 heterocycles. The fourth-order valence-corrected chi connectivity index (χ4v) is 4.41. The second kappa shape index (κ2) is 9.27. The molecule has 0 radical (unpaired) electrons. The lowest BCUT2D eigenvalue weighted by molar-refractivity contribution is -0.125. The van der Waals surface area contributed by atoms with Crippen LogP contribution in [-0.2, 0) is 14.3 Å². The van der Waals surface area contributed by atoms with Crippen LogP contribution >= 0.6 is 11.3 Å². The van der Waals surface area contributed by atoms with Gasteiger partial charge in [-0.3, -0.25) is 9.59 Å². The third-order valence-electron chi connectivity index (χ3n) is 4.95. The number of nitrogens with one attached hydrogen (secondary N) is 1. The molecule has 1 unspecified atom stereocenters. The van der Waals surface area contributed by atoms with Gasteiger partial charge in [0.15, 0.2) is 6.10 Å². The number of carbonyl (C=O) groups excluding carboxylic acids is 3. The minimum absolute atomic E-state index is 0.0447. The molecule has 1 atom stereocenters. The van der Waals surface area contributed by atoms with Crippen LogP contribution in [0.4, 0.5) is 10.7 Å². The van der Waals surface area contributed by atoms with Gasteiger partial charge in [0.1, 0.15) is 22.1 Å². The van der Waals surface area contributed by atoms with Gasteiger partial charge in [-0.15, -0.1) is 11.3 Å². The van der Waals surface area contributed by atoms with Crippen LogP contribution in [0.2, 0.25) is 0 Å². The Morgan fingerprint density at radius 3 is 2.78 bits per heavy atom. The lowest BCUT2D eigenvalue weighted by Crippen LogP contribution is -2.45. The molecule has 0 aliphatic carbocycles. The number of fused-ring (bicyclic) bond motifs is 1. The minimum atomic E-state index is -0.628. The van der Waals surface area contributed by atoms with Gasteiger partial charge >= 0.3 is 5.97 Å². The SMILES string of the molecule is CCOC(=O)c1c(-c2ccco2)csc1NC(=O)CCN1C(=O)C(C)Oc2ccccc21. The normalized spacial score (nSPS) is 15.1. The first-order chi connectivity index (χ1) is 15.5. The Kier molecular flexibility index (Phi) is 6.27.